The molecule has 0 heterocycles. The van der Waals surface area contributed by atoms with Gasteiger partial charge in [-0.1, -0.05) is 0 Å². The minimum Gasteiger partial charge on any atom is -0.382 e. The maximum absolute atomic E-state index is 13.3. The largest absolute Gasteiger partial charge is 0.382 e. The minimum absolute atomic E-state index is 0.0781. The molecule has 0 saturated heterocycles. The lowest BCUT2D eigenvalue weighted by Gasteiger charge is -2.17. The Morgan fingerprint density at radius 3 is 2.16 bits per heavy atom. The SMILES string of the molecule is CCOC(CCNc1cc(F)c(F)cc1F)OCC. The fourth-order valence-electron chi connectivity index (χ4n) is 1.57. The van der Waals surface area contributed by atoms with Crippen molar-refractivity contribution < 1.29 is 22.6 Å². The topological polar surface area (TPSA) is 30.5 Å². The Morgan fingerprint density at radius 2 is 1.58 bits per heavy atom. The molecule has 0 aromatic heterocycles. The number of halogens is 3. The van der Waals surface area contributed by atoms with Crippen molar-refractivity contribution in [3.63, 3.8) is 0 Å². The Kier molecular flexibility index (Phi) is 6.66. The Balaban J connectivity index is 2.50. The summed E-state index contributed by atoms with van der Waals surface area (Å²) in [6.45, 7) is 5.02. The third-order valence-corrected chi connectivity index (χ3v) is 2.41. The molecular weight excluding hydrogens is 259 g/mol. The molecule has 0 amide bonds. The molecule has 19 heavy (non-hydrogen) atoms. The summed E-state index contributed by atoms with van der Waals surface area (Å²) < 4.78 is 49.6. The molecule has 0 fully saturated rings. The maximum Gasteiger partial charge on any atom is 0.161 e. The van der Waals surface area contributed by atoms with Crippen LogP contribution in [0.3, 0.4) is 0 Å². The smallest absolute Gasteiger partial charge is 0.161 e. The van der Waals surface area contributed by atoms with E-state index in [2.05, 4.69) is 5.32 Å². The molecule has 0 radical (unpaired) electrons. The number of hydrogen-bond acceptors (Lipinski definition) is 3. The molecule has 0 aliphatic rings. The fourth-order valence-corrected chi connectivity index (χ4v) is 1.57. The Hall–Kier alpha value is -1.27. The van der Waals surface area contributed by atoms with Crippen LogP contribution in [0.1, 0.15) is 20.3 Å². The zero-order chi connectivity index (χ0) is 14.3. The van der Waals surface area contributed by atoms with E-state index >= 15 is 0 Å². The van der Waals surface area contributed by atoms with Crippen LogP contribution in [0, 0.1) is 17.5 Å². The van der Waals surface area contributed by atoms with Crippen LogP contribution in [0.25, 0.3) is 0 Å². The first kappa shape index (κ1) is 15.8. The van der Waals surface area contributed by atoms with Gasteiger partial charge in [0.1, 0.15) is 5.82 Å². The van der Waals surface area contributed by atoms with Crippen LogP contribution in [-0.2, 0) is 9.47 Å². The predicted molar refractivity (Wildman–Crippen MR) is 66.5 cm³/mol. The van der Waals surface area contributed by atoms with E-state index in [0.717, 1.165) is 6.07 Å². The third kappa shape index (κ3) is 5.08. The Labute approximate surface area is 110 Å². The Morgan fingerprint density at radius 1 is 1.00 bits per heavy atom. The van der Waals surface area contributed by atoms with Crippen LogP contribution in [0.15, 0.2) is 12.1 Å². The van der Waals surface area contributed by atoms with E-state index in [-0.39, 0.29) is 5.69 Å². The highest BCUT2D eigenvalue weighted by Crippen LogP contribution is 2.18. The molecule has 108 valence electrons. The lowest BCUT2D eigenvalue weighted by Crippen LogP contribution is -2.21. The van der Waals surface area contributed by atoms with Gasteiger partial charge in [0.2, 0.25) is 0 Å². The summed E-state index contributed by atoms with van der Waals surface area (Å²) >= 11 is 0. The summed E-state index contributed by atoms with van der Waals surface area (Å²) in [5.41, 5.74) is -0.0781. The standard InChI is InChI=1S/C13H18F3NO2/c1-3-18-13(19-4-2)5-6-17-12-8-10(15)9(14)7-11(12)16/h7-8,13,17H,3-6H2,1-2H3. The van der Waals surface area contributed by atoms with Gasteiger partial charge in [0.05, 0.1) is 5.69 Å². The second kappa shape index (κ2) is 8.01. The number of hydrogen-bond donors (Lipinski definition) is 1. The quantitative estimate of drug-likeness (QED) is 0.584. The van der Waals surface area contributed by atoms with Crippen molar-refractivity contribution in [1.29, 1.82) is 0 Å². The lowest BCUT2D eigenvalue weighted by molar-refractivity contribution is -0.137. The molecule has 1 aromatic carbocycles. The summed E-state index contributed by atoms with van der Waals surface area (Å²) in [4.78, 5) is 0. The molecule has 0 atom stereocenters. The normalized spacial score (nSPS) is 11.1. The molecule has 1 rings (SSSR count). The molecular formula is C13H18F3NO2. The maximum atomic E-state index is 13.3. The lowest BCUT2D eigenvalue weighted by atomic mass is 10.2. The van der Waals surface area contributed by atoms with Gasteiger partial charge in [-0.3, -0.25) is 0 Å². The van der Waals surface area contributed by atoms with Crippen molar-refractivity contribution >= 4 is 5.69 Å². The molecule has 0 unspecified atom stereocenters. The summed E-state index contributed by atoms with van der Waals surface area (Å²) in [5, 5.41) is 2.69. The number of anilines is 1. The van der Waals surface area contributed by atoms with E-state index in [1.807, 2.05) is 13.8 Å². The molecule has 0 aliphatic carbocycles. The predicted octanol–water partition coefficient (Wildman–Crippen LogP) is 3.31. The molecule has 6 heteroatoms. The van der Waals surface area contributed by atoms with Crippen molar-refractivity contribution in [2.45, 2.75) is 26.6 Å². The van der Waals surface area contributed by atoms with Crippen molar-refractivity contribution in [3.8, 4) is 0 Å². The number of rotatable bonds is 8. The molecule has 0 aliphatic heterocycles. The molecule has 3 nitrogen and oxygen atoms in total. The van der Waals surface area contributed by atoms with Gasteiger partial charge in [-0.2, -0.15) is 0 Å². The summed E-state index contributed by atoms with van der Waals surface area (Å²) in [6, 6.07) is 1.31. The second-order valence-electron chi connectivity index (χ2n) is 3.80. The number of benzene rings is 1. The first-order valence-electron chi connectivity index (χ1n) is 6.20. The van der Waals surface area contributed by atoms with Crippen molar-refractivity contribution in [1.82, 2.24) is 0 Å². The van der Waals surface area contributed by atoms with Gasteiger partial charge in [-0.15, -0.1) is 0 Å². The van der Waals surface area contributed by atoms with E-state index in [1.165, 1.54) is 0 Å². The summed E-state index contributed by atoms with van der Waals surface area (Å²) in [5.74, 6) is -3.12. The monoisotopic (exact) mass is 277 g/mol. The highest BCUT2D eigenvalue weighted by Gasteiger charge is 2.11. The second-order valence-corrected chi connectivity index (χ2v) is 3.80. The zero-order valence-corrected chi connectivity index (χ0v) is 11.0. The van der Waals surface area contributed by atoms with Crippen LogP contribution in [0.2, 0.25) is 0 Å². The number of ether oxygens (including phenoxy) is 2. The van der Waals surface area contributed by atoms with Crippen molar-refractivity contribution in [3.05, 3.63) is 29.6 Å². The average molecular weight is 277 g/mol. The molecule has 1 aromatic rings. The highest BCUT2D eigenvalue weighted by molar-refractivity contribution is 5.45. The van der Waals surface area contributed by atoms with Crippen LogP contribution in [0.4, 0.5) is 18.9 Å². The van der Waals surface area contributed by atoms with E-state index in [1.54, 1.807) is 0 Å². The third-order valence-electron chi connectivity index (χ3n) is 2.41. The van der Waals surface area contributed by atoms with Crippen LogP contribution < -0.4 is 5.32 Å². The van der Waals surface area contributed by atoms with Crippen LogP contribution in [0.5, 0.6) is 0 Å². The van der Waals surface area contributed by atoms with Crippen LogP contribution >= 0.6 is 0 Å². The summed E-state index contributed by atoms with van der Waals surface area (Å²) in [6.07, 6.45) is 0.0796. The molecule has 0 bridgehead atoms. The summed E-state index contributed by atoms with van der Waals surface area (Å²) in [7, 11) is 0. The van der Waals surface area contributed by atoms with Gasteiger partial charge >= 0.3 is 0 Å². The molecule has 1 N–H and O–H groups in total. The van der Waals surface area contributed by atoms with Gasteiger partial charge < -0.3 is 14.8 Å². The van der Waals surface area contributed by atoms with Gasteiger partial charge in [0.15, 0.2) is 17.9 Å². The van der Waals surface area contributed by atoms with E-state index in [9.17, 15) is 13.2 Å². The zero-order valence-electron chi connectivity index (χ0n) is 11.0. The first-order valence-corrected chi connectivity index (χ1v) is 6.20. The minimum atomic E-state index is -1.20. The van der Waals surface area contributed by atoms with Gasteiger partial charge in [0, 0.05) is 38.3 Å². The Bertz CT molecular complexity index is 396. The fraction of sp³-hybridized carbons (Fsp3) is 0.538. The van der Waals surface area contributed by atoms with Gasteiger partial charge in [-0.05, 0) is 13.8 Å². The number of nitrogens with one attached hydrogen (secondary N) is 1. The van der Waals surface area contributed by atoms with Crippen molar-refractivity contribution in [2.24, 2.45) is 0 Å². The first-order chi connectivity index (χ1) is 9.08. The van der Waals surface area contributed by atoms with E-state index in [4.69, 9.17) is 9.47 Å². The van der Waals surface area contributed by atoms with E-state index < -0.39 is 23.7 Å². The van der Waals surface area contributed by atoms with Crippen molar-refractivity contribution in [2.75, 3.05) is 25.1 Å². The van der Waals surface area contributed by atoms with Gasteiger partial charge in [-0.25, -0.2) is 13.2 Å². The molecule has 0 saturated carbocycles. The highest BCUT2D eigenvalue weighted by atomic mass is 19.2. The van der Waals surface area contributed by atoms with E-state index in [0.29, 0.717) is 32.2 Å². The molecule has 0 spiro atoms. The average Bonchev–Trinajstić information content (AvgIpc) is 2.36. The van der Waals surface area contributed by atoms with Gasteiger partial charge in [0.25, 0.3) is 0 Å². The van der Waals surface area contributed by atoms with Crippen LogP contribution in [-0.4, -0.2) is 26.0 Å².